The average Bonchev–Trinajstić information content (AvgIpc) is 2.70. The Morgan fingerprint density at radius 1 is 1.43 bits per heavy atom. The summed E-state index contributed by atoms with van der Waals surface area (Å²) >= 11 is 0. The fourth-order valence-electron chi connectivity index (χ4n) is 1.76. The van der Waals surface area contributed by atoms with Crippen LogP contribution in [0.3, 0.4) is 0 Å². The van der Waals surface area contributed by atoms with Crippen molar-refractivity contribution in [1.82, 2.24) is 5.32 Å². The molecule has 1 aromatic rings. The first-order valence-electron chi connectivity index (χ1n) is 4.81. The highest BCUT2D eigenvalue weighted by Gasteiger charge is 2.24. The molecule has 3 heteroatoms. The summed E-state index contributed by atoms with van der Waals surface area (Å²) in [6.07, 6.45) is 1.80. The largest absolute Gasteiger partial charge is 0.307 e. The van der Waals surface area contributed by atoms with E-state index in [0.717, 1.165) is 19.4 Å². The van der Waals surface area contributed by atoms with E-state index in [4.69, 9.17) is 0 Å². The maximum Gasteiger partial charge on any atom is 0.182 e. The number of carbonyl (C=O) groups excluding carboxylic acids is 1. The van der Waals surface area contributed by atoms with Crippen molar-refractivity contribution in [2.45, 2.75) is 18.9 Å². The van der Waals surface area contributed by atoms with Crippen LogP contribution in [-0.4, -0.2) is 18.4 Å². The van der Waals surface area contributed by atoms with Gasteiger partial charge in [0, 0.05) is 0 Å². The second-order valence-electron chi connectivity index (χ2n) is 3.49. The lowest BCUT2D eigenvalue weighted by Gasteiger charge is -2.08. The Morgan fingerprint density at radius 3 is 2.86 bits per heavy atom. The molecule has 1 atom stereocenters. The lowest BCUT2D eigenvalue weighted by molar-refractivity contribution is 0.0948. The minimum absolute atomic E-state index is 0.124. The molecule has 0 aliphatic carbocycles. The highest BCUT2D eigenvalue weighted by molar-refractivity contribution is 6.00. The fourth-order valence-corrected chi connectivity index (χ4v) is 1.76. The van der Waals surface area contributed by atoms with Gasteiger partial charge in [0.2, 0.25) is 0 Å². The highest BCUT2D eigenvalue weighted by atomic mass is 19.1. The number of nitrogens with one attached hydrogen (secondary N) is 1. The zero-order valence-electron chi connectivity index (χ0n) is 7.79. The summed E-state index contributed by atoms with van der Waals surface area (Å²) in [5, 5.41) is 3.07. The second-order valence-corrected chi connectivity index (χ2v) is 3.49. The van der Waals surface area contributed by atoms with E-state index < -0.39 is 5.82 Å². The Kier molecular flexibility index (Phi) is 2.59. The third-order valence-electron chi connectivity index (χ3n) is 2.52. The molecular formula is C11H12FNO. The molecule has 0 bridgehead atoms. The van der Waals surface area contributed by atoms with E-state index in [1.807, 2.05) is 0 Å². The summed E-state index contributed by atoms with van der Waals surface area (Å²) in [5.74, 6) is -0.549. The Balaban J connectivity index is 2.22. The van der Waals surface area contributed by atoms with E-state index in [0.29, 0.717) is 0 Å². The van der Waals surface area contributed by atoms with Gasteiger partial charge in [0.1, 0.15) is 5.82 Å². The number of carbonyl (C=O) groups is 1. The van der Waals surface area contributed by atoms with Crippen LogP contribution in [0.15, 0.2) is 24.3 Å². The van der Waals surface area contributed by atoms with Gasteiger partial charge >= 0.3 is 0 Å². The molecule has 1 aliphatic heterocycles. The third kappa shape index (κ3) is 1.68. The zero-order chi connectivity index (χ0) is 9.97. The predicted molar refractivity (Wildman–Crippen MR) is 51.8 cm³/mol. The molecule has 74 valence electrons. The molecule has 1 saturated heterocycles. The van der Waals surface area contributed by atoms with E-state index >= 15 is 0 Å². The molecule has 1 aliphatic rings. The van der Waals surface area contributed by atoms with Crippen molar-refractivity contribution in [3.63, 3.8) is 0 Å². The first kappa shape index (κ1) is 9.34. The molecule has 2 nitrogen and oxygen atoms in total. The molecule has 0 spiro atoms. The van der Waals surface area contributed by atoms with Gasteiger partial charge in [-0.05, 0) is 31.5 Å². The molecule has 1 heterocycles. The number of hydrogen-bond acceptors (Lipinski definition) is 2. The topological polar surface area (TPSA) is 29.1 Å². The van der Waals surface area contributed by atoms with Gasteiger partial charge < -0.3 is 5.32 Å². The molecule has 1 fully saturated rings. The van der Waals surface area contributed by atoms with Crippen molar-refractivity contribution in [3.05, 3.63) is 35.6 Å². The quantitative estimate of drug-likeness (QED) is 0.725. The number of benzene rings is 1. The van der Waals surface area contributed by atoms with Gasteiger partial charge in [0.05, 0.1) is 11.6 Å². The maximum atomic E-state index is 13.2. The van der Waals surface area contributed by atoms with Crippen molar-refractivity contribution in [1.29, 1.82) is 0 Å². The van der Waals surface area contributed by atoms with Crippen LogP contribution >= 0.6 is 0 Å². The molecule has 0 radical (unpaired) electrons. The Bertz CT molecular complexity index is 345. The SMILES string of the molecule is O=C(c1ccccc1F)[C@@H]1CCCN1. The Hall–Kier alpha value is -1.22. The van der Waals surface area contributed by atoms with Crippen LogP contribution in [0, 0.1) is 5.82 Å². The predicted octanol–water partition coefficient (Wildman–Crippen LogP) is 1.76. The van der Waals surface area contributed by atoms with Crippen molar-refractivity contribution in [2.24, 2.45) is 0 Å². The molecule has 14 heavy (non-hydrogen) atoms. The van der Waals surface area contributed by atoms with Crippen LogP contribution in [0.25, 0.3) is 0 Å². The minimum atomic E-state index is -0.425. The van der Waals surface area contributed by atoms with Crippen LogP contribution in [0.5, 0.6) is 0 Å². The number of halogens is 1. The van der Waals surface area contributed by atoms with E-state index in [9.17, 15) is 9.18 Å². The van der Waals surface area contributed by atoms with Gasteiger partial charge in [-0.2, -0.15) is 0 Å². The fraction of sp³-hybridized carbons (Fsp3) is 0.364. The van der Waals surface area contributed by atoms with Crippen LogP contribution in [0.2, 0.25) is 0 Å². The smallest absolute Gasteiger partial charge is 0.182 e. The lowest BCUT2D eigenvalue weighted by atomic mass is 10.0. The monoisotopic (exact) mass is 193 g/mol. The number of hydrogen-bond donors (Lipinski definition) is 1. The van der Waals surface area contributed by atoms with Crippen molar-refractivity contribution in [2.75, 3.05) is 6.54 Å². The summed E-state index contributed by atoms with van der Waals surface area (Å²) in [4.78, 5) is 11.8. The van der Waals surface area contributed by atoms with E-state index in [1.54, 1.807) is 12.1 Å². The van der Waals surface area contributed by atoms with Gasteiger partial charge in [-0.3, -0.25) is 4.79 Å². The first-order valence-corrected chi connectivity index (χ1v) is 4.81. The Morgan fingerprint density at radius 2 is 2.21 bits per heavy atom. The molecule has 0 saturated carbocycles. The molecule has 2 rings (SSSR count). The number of rotatable bonds is 2. The Labute approximate surface area is 82.1 Å². The molecule has 0 aromatic heterocycles. The normalized spacial score (nSPS) is 21.1. The average molecular weight is 193 g/mol. The first-order chi connectivity index (χ1) is 6.79. The van der Waals surface area contributed by atoms with Gasteiger partial charge in [0.15, 0.2) is 5.78 Å². The van der Waals surface area contributed by atoms with Gasteiger partial charge in [-0.25, -0.2) is 4.39 Å². The minimum Gasteiger partial charge on any atom is -0.307 e. The van der Waals surface area contributed by atoms with Gasteiger partial charge in [-0.1, -0.05) is 12.1 Å². The van der Waals surface area contributed by atoms with Crippen LogP contribution in [0.4, 0.5) is 4.39 Å². The molecule has 0 amide bonds. The van der Waals surface area contributed by atoms with Crippen LogP contribution in [0.1, 0.15) is 23.2 Å². The third-order valence-corrected chi connectivity index (χ3v) is 2.52. The van der Waals surface area contributed by atoms with Gasteiger partial charge in [-0.15, -0.1) is 0 Å². The lowest BCUT2D eigenvalue weighted by Crippen LogP contribution is -2.31. The number of ketones is 1. The van der Waals surface area contributed by atoms with E-state index in [1.165, 1.54) is 12.1 Å². The second kappa shape index (κ2) is 3.88. The highest BCUT2D eigenvalue weighted by Crippen LogP contribution is 2.14. The summed E-state index contributed by atoms with van der Waals surface area (Å²) < 4.78 is 13.2. The molecule has 1 aromatic carbocycles. The van der Waals surface area contributed by atoms with Crippen molar-refractivity contribution in [3.8, 4) is 0 Å². The van der Waals surface area contributed by atoms with Crippen LogP contribution < -0.4 is 5.32 Å². The summed E-state index contributed by atoms with van der Waals surface area (Å²) in [6, 6.07) is 5.95. The standard InChI is InChI=1S/C11H12FNO/c12-9-5-2-1-4-8(9)11(14)10-6-3-7-13-10/h1-2,4-5,10,13H,3,6-7H2/t10-/m0/s1. The zero-order valence-corrected chi connectivity index (χ0v) is 7.79. The molecular weight excluding hydrogens is 181 g/mol. The van der Waals surface area contributed by atoms with E-state index in [-0.39, 0.29) is 17.4 Å². The molecule has 0 unspecified atom stereocenters. The van der Waals surface area contributed by atoms with Crippen molar-refractivity contribution >= 4 is 5.78 Å². The van der Waals surface area contributed by atoms with Gasteiger partial charge in [0.25, 0.3) is 0 Å². The van der Waals surface area contributed by atoms with E-state index in [2.05, 4.69) is 5.32 Å². The summed E-state index contributed by atoms with van der Waals surface area (Å²) in [5.41, 5.74) is 0.201. The van der Waals surface area contributed by atoms with Crippen molar-refractivity contribution < 1.29 is 9.18 Å². The van der Waals surface area contributed by atoms with Crippen LogP contribution in [-0.2, 0) is 0 Å². The summed E-state index contributed by atoms with van der Waals surface area (Å²) in [6.45, 7) is 0.852. The summed E-state index contributed by atoms with van der Waals surface area (Å²) in [7, 11) is 0. The number of Topliss-reactive ketones (excluding diaryl/α,β-unsaturated/α-hetero) is 1. The maximum absolute atomic E-state index is 13.2. The molecule has 1 N–H and O–H groups in total.